The van der Waals surface area contributed by atoms with Crippen molar-refractivity contribution in [3.63, 3.8) is 0 Å². The van der Waals surface area contributed by atoms with Crippen LogP contribution in [0, 0.1) is 6.92 Å². The largest absolute Gasteiger partial charge is 0.381 e. The lowest BCUT2D eigenvalue weighted by Crippen LogP contribution is -2.15. The van der Waals surface area contributed by atoms with Gasteiger partial charge in [-0.1, -0.05) is 24.6 Å². The van der Waals surface area contributed by atoms with E-state index >= 15 is 0 Å². The highest BCUT2D eigenvalue weighted by Crippen LogP contribution is 2.14. The Morgan fingerprint density at radius 1 is 1.22 bits per heavy atom. The lowest BCUT2D eigenvalue weighted by Gasteiger charge is -2.12. The van der Waals surface area contributed by atoms with E-state index in [9.17, 15) is 8.42 Å². The van der Waals surface area contributed by atoms with Crippen molar-refractivity contribution in [1.82, 2.24) is 0 Å². The van der Waals surface area contributed by atoms with E-state index in [2.05, 4.69) is 0 Å². The molecule has 1 rings (SSSR count). The third kappa shape index (κ3) is 4.40. The zero-order valence-corrected chi connectivity index (χ0v) is 11.9. The van der Waals surface area contributed by atoms with Gasteiger partial charge in [-0.2, -0.15) is 8.42 Å². The highest BCUT2D eigenvalue weighted by atomic mass is 32.2. The fourth-order valence-electron chi connectivity index (χ4n) is 1.55. The summed E-state index contributed by atoms with van der Waals surface area (Å²) in [5, 5.41) is 0. The molecule has 18 heavy (non-hydrogen) atoms. The maximum absolute atomic E-state index is 11.8. The van der Waals surface area contributed by atoms with Crippen LogP contribution in [-0.2, 0) is 19.0 Å². The number of ether oxygens (including phenoxy) is 1. The van der Waals surface area contributed by atoms with Crippen LogP contribution in [0.25, 0.3) is 0 Å². The zero-order valence-electron chi connectivity index (χ0n) is 11.0. The van der Waals surface area contributed by atoms with Crippen LogP contribution in [0.5, 0.6) is 0 Å². The van der Waals surface area contributed by atoms with Gasteiger partial charge in [0.2, 0.25) is 0 Å². The van der Waals surface area contributed by atoms with Gasteiger partial charge in [-0.15, -0.1) is 0 Å². The van der Waals surface area contributed by atoms with Crippen molar-refractivity contribution in [3.8, 4) is 0 Å². The Balaban J connectivity index is 2.57. The normalized spacial score (nSPS) is 13.5. The summed E-state index contributed by atoms with van der Waals surface area (Å²) in [7, 11) is -2.03. The van der Waals surface area contributed by atoms with Crippen molar-refractivity contribution in [2.45, 2.75) is 37.7 Å². The fourth-order valence-corrected chi connectivity index (χ4v) is 2.47. The number of aryl methyl sites for hydroxylation is 1. The van der Waals surface area contributed by atoms with Crippen LogP contribution in [0.4, 0.5) is 0 Å². The second-order valence-corrected chi connectivity index (χ2v) is 5.76. The Bertz CT molecular complexity index is 446. The summed E-state index contributed by atoms with van der Waals surface area (Å²) in [5.74, 6) is 0. The molecule has 0 saturated carbocycles. The number of hydrogen-bond donors (Lipinski definition) is 0. The van der Waals surface area contributed by atoms with Crippen molar-refractivity contribution in [1.29, 1.82) is 0 Å². The molecule has 4 nitrogen and oxygen atoms in total. The van der Waals surface area contributed by atoms with Gasteiger partial charge in [-0.3, -0.25) is 4.18 Å². The maximum Gasteiger partial charge on any atom is 0.296 e. The number of hydrogen-bond acceptors (Lipinski definition) is 4. The van der Waals surface area contributed by atoms with Crippen molar-refractivity contribution in [2.75, 3.05) is 13.7 Å². The van der Waals surface area contributed by atoms with E-state index in [0.717, 1.165) is 12.0 Å². The Morgan fingerprint density at radius 2 is 1.83 bits per heavy atom. The average Bonchev–Trinajstić information content (AvgIpc) is 2.35. The van der Waals surface area contributed by atoms with E-state index in [4.69, 9.17) is 8.92 Å². The minimum atomic E-state index is -3.64. The van der Waals surface area contributed by atoms with Crippen molar-refractivity contribution >= 4 is 10.1 Å². The third-order valence-corrected chi connectivity index (χ3v) is 4.10. The average molecular weight is 272 g/mol. The Labute approximate surface area is 109 Å². The van der Waals surface area contributed by atoms with Crippen LogP contribution in [0.15, 0.2) is 29.2 Å². The van der Waals surface area contributed by atoms with E-state index in [0.29, 0.717) is 6.42 Å². The summed E-state index contributed by atoms with van der Waals surface area (Å²) in [4.78, 5) is 0.193. The molecule has 0 spiro atoms. The SMILES string of the molecule is CCC(CCOS(=O)(=O)c1ccc(C)cc1)OC. The van der Waals surface area contributed by atoms with Gasteiger partial charge in [0.25, 0.3) is 10.1 Å². The molecule has 0 aliphatic heterocycles. The van der Waals surface area contributed by atoms with Crippen LogP contribution in [0.3, 0.4) is 0 Å². The standard InChI is InChI=1S/C13H20O4S/c1-4-12(16-3)9-10-17-18(14,15)13-7-5-11(2)6-8-13/h5-8,12H,4,9-10H2,1-3H3. The second-order valence-electron chi connectivity index (χ2n) is 4.14. The lowest BCUT2D eigenvalue weighted by molar-refractivity contribution is 0.0793. The first-order valence-corrected chi connectivity index (χ1v) is 7.39. The molecule has 1 aromatic rings. The molecule has 5 heteroatoms. The Morgan fingerprint density at radius 3 is 2.33 bits per heavy atom. The monoisotopic (exact) mass is 272 g/mol. The lowest BCUT2D eigenvalue weighted by atomic mass is 10.2. The molecule has 0 aliphatic carbocycles. The molecule has 0 radical (unpaired) electrons. The van der Waals surface area contributed by atoms with Gasteiger partial charge >= 0.3 is 0 Å². The Hall–Kier alpha value is -0.910. The van der Waals surface area contributed by atoms with Crippen molar-refractivity contribution in [2.24, 2.45) is 0 Å². The molecule has 1 aromatic carbocycles. The van der Waals surface area contributed by atoms with Crippen LogP contribution in [0.1, 0.15) is 25.3 Å². The highest BCUT2D eigenvalue weighted by Gasteiger charge is 2.15. The fraction of sp³-hybridized carbons (Fsp3) is 0.538. The van der Waals surface area contributed by atoms with Gasteiger partial charge in [-0.25, -0.2) is 0 Å². The molecule has 1 unspecified atom stereocenters. The molecule has 0 amide bonds. The first-order chi connectivity index (χ1) is 8.49. The van der Waals surface area contributed by atoms with Crippen LogP contribution in [0.2, 0.25) is 0 Å². The number of benzene rings is 1. The molecule has 102 valence electrons. The summed E-state index contributed by atoms with van der Waals surface area (Å²) in [6.07, 6.45) is 1.45. The van der Waals surface area contributed by atoms with Gasteiger partial charge in [0.1, 0.15) is 0 Å². The summed E-state index contributed by atoms with van der Waals surface area (Å²) in [6, 6.07) is 6.61. The van der Waals surface area contributed by atoms with Crippen molar-refractivity contribution in [3.05, 3.63) is 29.8 Å². The van der Waals surface area contributed by atoms with Gasteiger partial charge in [-0.05, 0) is 31.9 Å². The molecule has 0 saturated heterocycles. The smallest absolute Gasteiger partial charge is 0.296 e. The Kier molecular flexibility index (Phi) is 5.78. The maximum atomic E-state index is 11.8. The van der Waals surface area contributed by atoms with E-state index in [1.165, 1.54) is 0 Å². The molecule has 1 atom stereocenters. The molecular formula is C13H20O4S. The van der Waals surface area contributed by atoms with Crippen LogP contribution in [-0.4, -0.2) is 28.2 Å². The zero-order chi connectivity index (χ0) is 13.6. The van der Waals surface area contributed by atoms with Gasteiger partial charge in [0, 0.05) is 7.11 Å². The first kappa shape index (κ1) is 15.1. The third-order valence-electron chi connectivity index (χ3n) is 2.78. The summed E-state index contributed by atoms with van der Waals surface area (Å²) >= 11 is 0. The van der Waals surface area contributed by atoms with Gasteiger partial charge < -0.3 is 4.74 Å². The van der Waals surface area contributed by atoms with Crippen molar-refractivity contribution < 1.29 is 17.3 Å². The summed E-state index contributed by atoms with van der Waals surface area (Å²) < 4.78 is 33.8. The van der Waals surface area contributed by atoms with Crippen LogP contribution < -0.4 is 0 Å². The molecule has 0 heterocycles. The predicted molar refractivity (Wildman–Crippen MR) is 70.0 cm³/mol. The molecule has 0 bridgehead atoms. The molecule has 0 fully saturated rings. The number of methoxy groups -OCH3 is 1. The summed E-state index contributed by atoms with van der Waals surface area (Å²) in [5.41, 5.74) is 1.01. The molecule has 0 aliphatic rings. The van der Waals surface area contributed by atoms with Crippen LogP contribution >= 0.6 is 0 Å². The molecule has 0 N–H and O–H groups in total. The van der Waals surface area contributed by atoms with E-state index in [-0.39, 0.29) is 17.6 Å². The minimum Gasteiger partial charge on any atom is -0.381 e. The van der Waals surface area contributed by atoms with E-state index < -0.39 is 10.1 Å². The minimum absolute atomic E-state index is 0.0400. The topological polar surface area (TPSA) is 52.6 Å². The highest BCUT2D eigenvalue weighted by molar-refractivity contribution is 7.86. The van der Waals surface area contributed by atoms with Gasteiger partial charge in [0.15, 0.2) is 0 Å². The number of rotatable bonds is 7. The predicted octanol–water partition coefficient (Wildman–Crippen LogP) is 2.52. The first-order valence-electron chi connectivity index (χ1n) is 5.98. The van der Waals surface area contributed by atoms with Gasteiger partial charge in [0.05, 0.1) is 17.6 Å². The summed E-state index contributed by atoms with van der Waals surface area (Å²) in [6.45, 7) is 4.03. The van der Waals surface area contributed by atoms with E-state index in [1.54, 1.807) is 31.4 Å². The molecule has 0 aromatic heterocycles. The quantitative estimate of drug-likeness (QED) is 0.716. The van der Waals surface area contributed by atoms with E-state index in [1.807, 2.05) is 13.8 Å². The molecular weight excluding hydrogens is 252 g/mol. The second kappa shape index (κ2) is 6.87.